The lowest BCUT2D eigenvalue weighted by molar-refractivity contribution is -0.143. The van der Waals surface area contributed by atoms with Gasteiger partial charge < -0.3 is 49.3 Å². The van der Waals surface area contributed by atoms with E-state index in [4.69, 9.17) is 28.7 Å². The van der Waals surface area contributed by atoms with Gasteiger partial charge in [-0.15, -0.1) is 0 Å². The second kappa shape index (κ2) is 15.5. The third kappa shape index (κ3) is 10.4. The van der Waals surface area contributed by atoms with E-state index in [-0.39, 0.29) is 12.4 Å². The number of amides is 4. The van der Waals surface area contributed by atoms with E-state index in [2.05, 4.69) is 15.6 Å². The average Bonchev–Trinajstić information content (AvgIpc) is 3.29. The Kier molecular flexibility index (Phi) is 13.2. The van der Waals surface area contributed by atoms with Crippen LogP contribution in [-0.4, -0.2) is 89.4 Å². The number of carbonyl (C=O) groups excluding carboxylic acids is 4. The summed E-state index contributed by atoms with van der Waals surface area (Å²) in [5, 5.41) is 14.2. The Hall–Kier alpha value is -3.46. The van der Waals surface area contributed by atoms with Gasteiger partial charge in [0.2, 0.25) is 23.6 Å². The first-order valence-corrected chi connectivity index (χ1v) is 11.9. The van der Waals surface area contributed by atoms with Crippen molar-refractivity contribution in [3.63, 3.8) is 0 Å². The van der Waals surface area contributed by atoms with Crippen molar-refractivity contribution in [2.45, 2.75) is 75.5 Å². The second-order valence-corrected chi connectivity index (χ2v) is 8.66. The molecule has 0 radical (unpaired) electrons. The number of primary amides is 1. The fourth-order valence-corrected chi connectivity index (χ4v) is 3.86. The van der Waals surface area contributed by atoms with E-state index >= 15 is 0 Å². The summed E-state index contributed by atoms with van der Waals surface area (Å²) in [6.07, 6.45) is 2.26. The number of likely N-dealkylation sites (tertiary alicyclic amines) is 1. The van der Waals surface area contributed by atoms with Gasteiger partial charge in [-0.3, -0.25) is 24.2 Å². The number of unbranched alkanes of at least 4 members (excludes halogenated alkanes) is 1. The van der Waals surface area contributed by atoms with Gasteiger partial charge in [-0.1, -0.05) is 0 Å². The summed E-state index contributed by atoms with van der Waals surface area (Å²) >= 11 is 0. The number of nitrogens with two attached hydrogens (primary N) is 5. The number of aliphatic imine (C=N–C) groups is 1. The van der Waals surface area contributed by atoms with Gasteiger partial charge in [0.25, 0.3) is 0 Å². The minimum absolute atomic E-state index is 0.0639. The molecule has 15 nitrogen and oxygen atoms in total. The largest absolute Gasteiger partial charge is 0.480 e. The lowest BCUT2D eigenvalue weighted by Gasteiger charge is -2.28. The summed E-state index contributed by atoms with van der Waals surface area (Å²) in [6.45, 7) is 0.977. The van der Waals surface area contributed by atoms with Crippen molar-refractivity contribution in [2.24, 2.45) is 33.7 Å². The number of rotatable bonds is 16. The van der Waals surface area contributed by atoms with Gasteiger partial charge in [-0.2, -0.15) is 0 Å². The highest BCUT2D eigenvalue weighted by molar-refractivity contribution is 5.96. The van der Waals surface area contributed by atoms with Crippen LogP contribution >= 0.6 is 0 Å². The van der Waals surface area contributed by atoms with E-state index in [1.54, 1.807) is 0 Å². The highest BCUT2D eigenvalue weighted by Crippen LogP contribution is 2.19. The van der Waals surface area contributed by atoms with Crippen molar-refractivity contribution in [3.8, 4) is 0 Å². The zero-order valence-electron chi connectivity index (χ0n) is 20.4. The van der Waals surface area contributed by atoms with E-state index in [0.717, 1.165) is 0 Å². The lowest BCUT2D eigenvalue weighted by atomic mass is 10.1. The average molecular weight is 514 g/mol. The van der Waals surface area contributed by atoms with Crippen molar-refractivity contribution in [2.75, 3.05) is 19.6 Å². The Bertz CT molecular complexity index is 818. The van der Waals surface area contributed by atoms with Gasteiger partial charge in [0.1, 0.15) is 18.1 Å². The fraction of sp³-hybridized carbons (Fsp3) is 0.714. The Morgan fingerprint density at radius 3 is 2.28 bits per heavy atom. The molecule has 13 N–H and O–H groups in total. The summed E-state index contributed by atoms with van der Waals surface area (Å²) in [5.74, 6) is -4.15. The number of carboxylic acids is 1. The molecular weight excluding hydrogens is 474 g/mol. The minimum Gasteiger partial charge on any atom is -0.480 e. The molecule has 1 aliphatic rings. The zero-order chi connectivity index (χ0) is 27.3. The van der Waals surface area contributed by atoms with Gasteiger partial charge in [-0.25, -0.2) is 4.79 Å². The number of hydrogen-bond acceptors (Lipinski definition) is 8. The molecule has 36 heavy (non-hydrogen) atoms. The van der Waals surface area contributed by atoms with Crippen LogP contribution in [0.4, 0.5) is 0 Å². The quantitative estimate of drug-likeness (QED) is 0.0570. The number of nitrogens with zero attached hydrogens (tertiary/aromatic N) is 2. The maximum atomic E-state index is 13.0. The first-order valence-electron chi connectivity index (χ1n) is 11.9. The number of nitrogens with one attached hydrogen (secondary N) is 2. The summed E-state index contributed by atoms with van der Waals surface area (Å²) < 4.78 is 0. The van der Waals surface area contributed by atoms with E-state index in [0.29, 0.717) is 58.2 Å². The molecule has 15 heteroatoms. The summed E-state index contributed by atoms with van der Waals surface area (Å²) in [5.41, 5.74) is 27.2. The molecule has 0 bridgehead atoms. The van der Waals surface area contributed by atoms with Crippen LogP contribution in [0.1, 0.15) is 51.4 Å². The third-order valence-corrected chi connectivity index (χ3v) is 5.72. The molecule has 4 unspecified atom stereocenters. The van der Waals surface area contributed by atoms with Crippen molar-refractivity contribution in [1.82, 2.24) is 15.5 Å². The predicted molar refractivity (Wildman–Crippen MR) is 131 cm³/mol. The van der Waals surface area contributed by atoms with Crippen LogP contribution in [-0.2, 0) is 24.0 Å². The Labute approximate surface area is 209 Å². The van der Waals surface area contributed by atoms with E-state index in [1.807, 2.05) is 0 Å². The summed E-state index contributed by atoms with van der Waals surface area (Å²) in [6, 6.07) is -4.40. The molecule has 204 valence electrons. The van der Waals surface area contributed by atoms with Crippen LogP contribution < -0.4 is 39.3 Å². The molecule has 0 aromatic heterocycles. The summed E-state index contributed by atoms with van der Waals surface area (Å²) in [7, 11) is 0. The number of carbonyl (C=O) groups is 5. The summed E-state index contributed by atoms with van der Waals surface area (Å²) in [4.78, 5) is 66.8. The highest BCUT2D eigenvalue weighted by Gasteiger charge is 2.38. The molecule has 4 atom stereocenters. The van der Waals surface area contributed by atoms with E-state index < -0.39 is 60.2 Å². The highest BCUT2D eigenvalue weighted by atomic mass is 16.4. The van der Waals surface area contributed by atoms with Crippen molar-refractivity contribution in [3.05, 3.63) is 0 Å². The Morgan fingerprint density at radius 1 is 1.00 bits per heavy atom. The van der Waals surface area contributed by atoms with E-state index in [1.165, 1.54) is 4.90 Å². The van der Waals surface area contributed by atoms with Gasteiger partial charge in [0, 0.05) is 13.1 Å². The number of aliphatic carboxylic acids is 1. The van der Waals surface area contributed by atoms with Gasteiger partial charge in [0.15, 0.2) is 5.96 Å². The van der Waals surface area contributed by atoms with Crippen LogP contribution in [0.25, 0.3) is 0 Å². The Balaban J connectivity index is 2.83. The van der Waals surface area contributed by atoms with Gasteiger partial charge in [0.05, 0.1) is 12.5 Å². The normalized spacial score (nSPS) is 17.5. The Morgan fingerprint density at radius 2 is 1.69 bits per heavy atom. The molecule has 0 aliphatic carbocycles. The van der Waals surface area contributed by atoms with Crippen LogP contribution in [0.5, 0.6) is 0 Å². The molecule has 1 saturated heterocycles. The first-order chi connectivity index (χ1) is 17.0. The molecule has 4 amide bonds. The standard InChI is InChI=1S/C21H39N9O6/c22-8-2-1-6-13(20(35)36)28-17(32)14(11-16(24)31)29-18(33)15-7-4-10-30(15)19(34)12(23)5-3-9-27-21(25)26/h12-15H,1-11,22-23H2,(H2,24,31)(H,28,32)(H,29,33)(H,35,36)(H4,25,26,27). The van der Waals surface area contributed by atoms with Crippen molar-refractivity contribution in [1.29, 1.82) is 0 Å². The maximum Gasteiger partial charge on any atom is 0.326 e. The topological polar surface area (TPSA) is 275 Å². The predicted octanol–water partition coefficient (Wildman–Crippen LogP) is -3.58. The molecule has 0 aromatic carbocycles. The van der Waals surface area contributed by atoms with Crippen LogP contribution in [0.3, 0.4) is 0 Å². The SMILES string of the molecule is NCCCCC(NC(=O)C(CC(N)=O)NC(=O)C1CCCN1C(=O)C(N)CCCN=C(N)N)C(=O)O. The van der Waals surface area contributed by atoms with Crippen molar-refractivity contribution < 1.29 is 29.1 Å². The third-order valence-electron chi connectivity index (χ3n) is 5.72. The molecule has 1 heterocycles. The lowest BCUT2D eigenvalue weighted by Crippen LogP contribution is -2.57. The smallest absolute Gasteiger partial charge is 0.326 e. The van der Waals surface area contributed by atoms with Gasteiger partial charge >= 0.3 is 5.97 Å². The molecule has 0 aromatic rings. The molecule has 0 spiro atoms. The van der Waals surface area contributed by atoms with Crippen LogP contribution in [0, 0.1) is 0 Å². The van der Waals surface area contributed by atoms with E-state index in [9.17, 15) is 29.1 Å². The van der Waals surface area contributed by atoms with Crippen molar-refractivity contribution >= 4 is 35.6 Å². The zero-order valence-corrected chi connectivity index (χ0v) is 20.4. The van der Waals surface area contributed by atoms with Crippen LogP contribution in [0.15, 0.2) is 4.99 Å². The van der Waals surface area contributed by atoms with Gasteiger partial charge in [-0.05, 0) is 51.5 Å². The first kappa shape index (κ1) is 30.6. The molecular formula is C21H39N9O6. The molecule has 1 fully saturated rings. The van der Waals surface area contributed by atoms with Crippen LogP contribution in [0.2, 0.25) is 0 Å². The molecule has 0 saturated carbocycles. The monoisotopic (exact) mass is 513 g/mol. The molecule has 1 rings (SSSR count). The number of guanidine groups is 1. The second-order valence-electron chi connectivity index (χ2n) is 8.66. The fourth-order valence-electron chi connectivity index (χ4n) is 3.86. The number of carboxylic acid groups (broad SMARTS) is 1. The maximum absolute atomic E-state index is 13.0. The minimum atomic E-state index is -1.41. The molecule has 1 aliphatic heterocycles. The number of hydrogen-bond donors (Lipinski definition) is 8.